The zero-order chi connectivity index (χ0) is 29.1. The SMILES string of the molecule is Cc1cnn(-c2ccc(N3CCCC(NC4CCCCC4Nc4ncc(-c5ccc(OC(F)(F)F)cc5)o4)C3)cc2)c1. The first kappa shape index (κ1) is 28.1. The Morgan fingerprint density at radius 2 is 1.64 bits per heavy atom. The number of halogens is 3. The highest BCUT2D eigenvalue weighted by Crippen LogP contribution is 2.30. The molecule has 2 N–H and O–H groups in total. The number of oxazole rings is 1. The smallest absolute Gasteiger partial charge is 0.424 e. The van der Waals surface area contributed by atoms with Gasteiger partial charge in [-0.3, -0.25) is 0 Å². The Labute approximate surface area is 242 Å². The monoisotopic (exact) mass is 580 g/mol. The van der Waals surface area contributed by atoms with Crippen LogP contribution in [0.4, 0.5) is 24.9 Å². The topological polar surface area (TPSA) is 80.4 Å². The third kappa shape index (κ3) is 6.89. The molecule has 6 rings (SSSR count). The van der Waals surface area contributed by atoms with Crippen LogP contribution in [0.5, 0.6) is 5.75 Å². The Kier molecular flexibility index (Phi) is 8.10. The summed E-state index contributed by atoms with van der Waals surface area (Å²) in [5, 5.41) is 11.8. The summed E-state index contributed by atoms with van der Waals surface area (Å²) in [5.41, 5.74) is 4.03. The number of anilines is 2. The van der Waals surface area contributed by atoms with Crippen LogP contribution in [-0.2, 0) is 0 Å². The van der Waals surface area contributed by atoms with Crippen LogP contribution in [0.1, 0.15) is 44.1 Å². The van der Waals surface area contributed by atoms with E-state index in [0.29, 0.717) is 23.4 Å². The molecule has 3 atom stereocenters. The van der Waals surface area contributed by atoms with E-state index in [1.807, 2.05) is 24.0 Å². The molecular formula is C31H35F3N6O2. The maximum absolute atomic E-state index is 12.5. The van der Waals surface area contributed by atoms with Crippen LogP contribution < -0.4 is 20.3 Å². The summed E-state index contributed by atoms with van der Waals surface area (Å²) >= 11 is 0. The first-order valence-corrected chi connectivity index (χ1v) is 14.5. The Morgan fingerprint density at radius 1 is 0.905 bits per heavy atom. The van der Waals surface area contributed by atoms with Gasteiger partial charge in [0.05, 0.1) is 18.1 Å². The molecule has 11 heteroatoms. The second-order valence-electron chi connectivity index (χ2n) is 11.2. The molecule has 0 radical (unpaired) electrons. The molecule has 8 nitrogen and oxygen atoms in total. The molecule has 0 spiro atoms. The highest BCUT2D eigenvalue weighted by molar-refractivity contribution is 5.58. The number of rotatable bonds is 8. The minimum Gasteiger partial charge on any atom is -0.424 e. The molecule has 2 aliphatic rings. The van der Waals surface area contributed by atoms with Crippen molar-refractivity contribution in [2.24, 2.45) is 0 Å². The van der Waals surface area contributed by atoms with E-state index in [1.54, 1.807) is 6.20 Å². The van der Waals surface area contributed by atoms with Crippen molar-refractivity contribution >= 4 is 11.7 Å². The first-order chi connectivity index (χ1) is 20.3. The van der Waals surface area contributed by atoms with Crippen molar-refractivity contribution in [3.05, 3.63) is 72.7 Å². The van der Waals surface area contributed by atoms with E-state index in [-0.39, 0.29) is 17.8 Å². The summed E-state index contributed by atoms with van der Waals surface area (Å²) in [5.74, 6) is 0.204. The van der Waals surface area contributed by atoms with Crippen LogP contribution in [0.2, 0.25) is 0 Å². The number of ether oxygens (including phenoxy) is 1. The molecule has 1 saturated heterocycles. The highest BCUT2D eigenvalue weighted by Gasteiger charge is 2.32. The van der Waals surface area contributed by atoms with E-state index in [9.17, 15) is 13.2 Å². The molecule has 222 valence electrons. The van der Waals surface area contributed by atoms with Crippen LogP contribution >= 0.6 is 0 Å². The number of hydrogen-bond donors (Lipinski definition) is 2. The van der Waals surface area contributed by atoms with Gasteiger partial charge in [-0.15, -0.1) is 13.2 Å². The molecule has 2 aromatic heterocycles. The number of aromatic nitrogens is 3. The van der Waals surface area contributed by atoms with Gasteiger partial charge in [-0.25, -0.2) is 9.67 Å². The Morgan fingerprint density at radius 3 is 2.36 bits per heavy atom. The summed E-state index contributed by atoms with van der Waals surface area (Å²) in [6.45, 7) is 4.02. The first-order valence-electron chi connectivity index (χ1n) is 14.5. The van der Waals surface area contributed by atoms with Crippen LogP contribution in [0.25, 0.3) is 17.0 Å². The summed E-state index contributed by atoms with van der Waals surface area (Å²) in [7, 11) is 0. The van der Waals surface area contributed by atoms with Gasteiger partial charge in [-0.2, -0.15) is 5.10 Å². The van der Waals surface area contributed by atoms with Crippen LogP contribution in [-0.4, -0.2) is 52.3 Å². The van der Waals surface area contributed by atoms with E-state index in [1.165, 1.54) is 36.4 Å². The molecule has 4 aromatic rings. The fraction of sp³-hybridized carbons (Fsp3) is 0.419. The van der Waals surface area contributed by atoms with Crippen molar-refractivity contribution in [2.45, 2.75) is 69.9 Å². The van der Waals surface area contributed by atoms with Crippen LogP contribution in [0.15, 0.2) is 71.5 Å². The van der Waals surface area contributed by atoms with Crippen molar-refractivity contribution in [3.63, 3.8) is 0 Å². The predicted octanol–water partition coefficient (Wildman–Crippen LogP) is 6.72. The zero-order valence-electron chi connectivity index (χ0n) is 23.5. The molecule has 1 saturated carbocycles. The Balaban J connectivity index is 1.06. The molecule has 42 heavy (non-hydrogen) atoms. The van der Waals surface area contributed by atoms with E-state index in [2.05, 4.69) is 54.6 Å². The number of piperidine rings is 1. The lowest BCUT2D eigenvalue weighted by atomic mass is 9.89. The second-order valence-corrected chi connectivity index (χ2v) is 11.2. The van der Waals surface area contributed by atoms with E-state index >= 15 is 0 Å². The molecule has 2 fully saturated rings. The predicted molar refractivity (Wildman–Crippen MR) is 155 cm³/mol. The maximum atomic E-state index is 12.5. The fourth-order valence-electron chi connectivity index (χ4n) is 5.98. The maximum Gasteiger partial charge on any atom is 0.573 e. The van der Waals surface area contributed by atoms with Crippen LogP contribution in [0.3, 0.4) is 0 Å². The average Bonchev–Trinajstić information content (AvgIpc) is 3.63. The number of nitrogens with zero attached hydrogens (tertiary/aromatic N) is 4. The minimum atomic E-state index is -4.72. The van der Waals surface area contributed by atoms with Gasteiger partial charge in [-0.05, 0) is 86.7 Å². The Bertz CT molecular complexity index is 1450. The standard InChI is InChI=1S/C31H35F3N6O2/c1-21-17-36-40(19-21)25-12-10-24(11-13-25)39-16-4-5-23(20-39)37-27-6-2-3-7-28(27)38-30-35-18-29(41-30)22-8-14-26(15-9-22)42-31(32,33)34/h8-15,17-19,23,27-28,37H,2-7,16,20H2,1H3,(H,35,38). The van der Waals surface area contributed by atoms with Gasteiger partial charge in [0.2, 0.25) is 0 Å². The molecule has 0 bridgehead atoms. The number of hydrogen-bond acceptors (Lipinski definition) is 7. The Hall–Kier alpha value is -3.99. The molecule has 1 aliphatic heterocycles. The zero-order valence-corrected chi connectivity index (χ0v) is 23.5. The number of aryl methyl sites for hydroxylation is 1. The quantitative estimate of drug-likeness (QED) is 0.240. The molecule has 1 aliphatic carbocycles. The fourth-order valence-corrected chi connectivity index (χ4v) is 5.98. The summed E-state index contributed by atoms with van der Waals surface area (Å²) < 4.78 is 49.2. The highest BCUT2D eigenvalue weighted by atomic mass is 19.4. The number of alkyl halides is 3. The lowest BCUT2D eigenvalue weighted by molar-refractivity contribution is -0.274. The van der Waals surface area contributed by atoms with Crippen molar-refractivity contribution < 1.29 is 22.3 Å². The lowest BCUT2D eigenvalue weighted by Gasteiger charge is -2.40. The van der Waals surface area contributed by atoms with E-state index in [4.69, 9.17) is 4.42 Å². The summed E-state index contributed by atoms with van der Waals surface area (Å²) in [6, 6.07) is 15.4. The molecule has 2 aromatic carbocycles. The van der Waals surface area contributed by atoms with Gasteiger partial charge < -0.3 is 24.7 Å². The summed E-state index contributed by atoms with van der Waals surface area (Å²) in [6.07, 6.45) is 7.37. The third-order valence-corrected chi connectivity index (χ3v) is 8.02. The van der Waals surface area contributed by atoms with Gasteiger partial charge in [-0.1, -0.05) is 12.8 Å². The van der Waals surface area contributed by atoms with E-state index in [0.717, 1.165) is 56.4 Å². The van der Waals surface area contributed by atoms with Gasteiger partial charge in [0.25, 0.3) is 6.01 Å². The normalized spacial score (nSPS) is 21.3. The average molecular weight is 581 g/mol. The van der Waals surface area contributed by atoms with Crippen molar-refractivity contribution in [1.82, 2.24) is 20.1 Å². The van der Waals surface area contributed by atoms with Gasteiger partial charge in [0.15, 0.2) is 5.76 Å². The molecule has 3 heterocycles. The minimum absolute atomic E-state index is 0.167. The van der Waals surface area contributed by atoms with Gasteiger partial charge in [0.1, 0.15) is 5.75 Å². The number of nitrogens with one attached hydrogen (secondary N) is 2. The summed E-state index contributed by atoms with van der Waals surface area (Å²) in [4.78, 5) is 6.85. The van der Waals surface area contributed by atoms with Crippen molar-refractivity contribution in [2.75, 3.05) is 23.3 Å². The number of benzene rings is 2. The lowest BCUT2D eigenvalue weighted by Crippen LogP contribution is -2.54. The van der Waals surface area contributed by atoms with Crippen LogP contribution in [0, 0.1) is 6.92 Å². The largest absolute Gasteiger partial charge is 0.573 e. The molecule has 3 unspecified atom stereocenters. The van der Waals surface area contributed by atoms with Crippen molar-refractivity contribution in [1.29, 1.82) is 0 Å². The van der Waals surface area contributed by atoms with E-state index < -0.39 is 6.36 Å². The van der Waals surface area contributed by atoms with Gasteiger partial charge >= 0.3 is 6.36 Å². The van der Waals surface area contributed by atoms with Gasteiger partial charge in [0, 0.05) is 48.7 Å². The third-order valence-electron chi connectivity index (χ3n) is 8.02. The molecular weight excluding hydrogens is 545 g/mol. The van der Waals surface area contributed by atoms with Crippen molar-refractivity contribution in [3.8, 4) is 22.8 Å². The second kappa shape index (κ2) is 12.1. The molecule has 0 amide bonds.